The fourth-order valence-corrected chi connectivity index (χ4v) is 2.70. The summed E-state index contributed by atoms with van der Waals surface area (Å²) in [7, 11) is 0. The van der Waals surface area contributed by atoms with Crippen molar-refractivity contribution in [3.63, 3.8) is 0 Å². The van der Waals surface area contributed by atoms with Crippen molar-refractivity contribution in [3.8, 4) is 11.5 Å². The van der Waals surface area contributed by atoms with Crippen LogP contribution in [0.15, 0.2) is 48.2 Å². The Kier molecular flexibility index (Phi) is 5.28. The van der Waals surface area contributed by atoms with Gasteiger partial charge in [-0.05, 0) is 49.8 Å². The molecule has 0 N–H and O–H groups in total. The van der Waals surface area contributed by atoms with E-state index in [9.17, 15) is 9.59 Å². The predicted molar refractivity (Wildman–Crippen MR) is 97.6 cm³/mol. The number of hydrogen-bond acceptors (Lipinski definition) is 5. The molecular weight excluding hydrogens is 356 g/mol. The third kappa shape index (κ3) is 3.89. The van der Waals surface area contributed by atoms with Crippen LogP contribution in [0.2, 0.25) is 5.02 Å². The highest BCUT2D eigenvalue weighted by atomic mass is 35.5. The zero-order valence-corrected chi connectivity index (χ0v) is 15.1. The van der Waals surface area contributed by atoms with Gasteiger partial charge in [0.05, 0.1) is 12.2 Å². The lowest BCUT2D eigenvalue weighted by Gasteiger charge is -2.13. The standard InChI is InChI=1S/C20H17ClO5/c1-3-24-20(23)12(2)25-15-7-8-16-17(11-15)26-18(19(16)22)10-13-5-4-6-14(21)9-13/h4-12H,3H2,1-2H3/t12-/m1/s1. The van der Waals surface area contributed by atoms with Crippen LogP contribution in [0, 0.1) is 0 Å². The minimum Gasteiger partial charge on any atom is -0.479 e. The third-order valence-corrected chi connectivity index (χ3v) is 3.95. The van der Waals surface area contributed by atoms with E-state index in [1.54, 1.807) is 56.3 Å². The lowest BCUT2D eigenvalue weighted by atomic mass is 10.1. The maximum absolute atomic E-state index is 12.5. The minimum atomic E-state index is -0.758. The maximum atomic E-state index is 12.5. The molecule has 0 aromatic heterocycles. The van der Waals surface area contributed by atoms with Crippen LogP contribution in [0.3, 0.4) is 0 Å². The molecule has 0 radical (unpaired) electrons. The number of ether oxygens (including phenoxy) is 3. The maximum Gasteiger partial charge on any atom is 0.347 e. The number of benzene rings is 2. The van der Waals surface area contributed by atoms with E-state index in [2.05, 4.69) is 0 Å². The van der Waals surface area contributed by atoms with E-state index < -0.39 is 12.1 Å². The average Bonchev–Trinajstić information content (AvgIpc) is 2.90. The fraction of sp³-hybridized carbons (Fsp3) is 0.200. The second-order valence-corrected chi connectivity index (χ2v) is 6.10. The van der Waals surface area contributed by atoms with E-state index in [4.69, 9.17) is 25.8 Å². The van der Waals surface area contributed by atoms with Gasteiger partial charge in [0.1, 0.15) is 11.5 Å². The number of allylic oxidation sites excluding steroid dienone is 1. The molecule has 2 aromatic carbocycles. The Balaban J connectivity index is 1.79. The summed E-state index contributed by atoms with van der Waals surface area (Å²) < 4.78 is 16.1. The molecule has 0 amide bonds. The first-order valence-electron chi connectivity index (χ1n) is 8.15. The van der Waals surface area contributed by atoms with E-state index in [-0.39, 0.29) is 18.1 Å². The molecule has 2 aromatic rings. The molecule has 0 saturated heterocycles. The van der Waals surface area contributed by atoms with Crippen LogP contribution >= 0.6 is 11.6 Å². The quantitative estimate of drug-likeness (QED) is 0.579. The zero-order valence-electron chi connectivity index (χ0n) is 14.3. The summed E-state index contributed by atoms with van der Waals surface area (Å²) in [5.41, 5.74) is 1.20. The Bertz CT molecular complexity index is 888. The van der Waals surface area contributed by atoms with Crippen LogP contribution < -0.4 is 9.47 Å². The normalized spacial score (nSPS) is 15.3. The van der Waals surface area contributed by atoms with Gasteiger partial charge in [-0.1, -0.05) is 23.7 Å². The van der Waals surface area contributed by atoms with Crippen molar-refractivity contribution in [2.75, 3.05) is 6.61 Å². The summed E-state index contributed by atoms with van der Waals surface area (Å²) >= 11 is 5.96. The molecule has 1 aliphatic rings. The number of carbonyl (C=O) groups is 2. The summed E-state index contributed by atoms with van der Waals surface area (Å²) in [6.07, 6.45) is 0.877. The van der Waals surface area contributed by atoms with Gasteiger partial charge in [0.2, 0.25) is 5.78 Å². The first-order valence-corrected chi connectivity index (χ1v) is 8.53. The van der Waals surface area contributed by atoms with Gasteiger partial charge in [-0.25, -0.2) is 4.79 Å². The SMILES string of the molecule is CCOC(=O)[C@@H](C)Oc1ccc2c(c1)OC(=Cc1cccc(Cl)c1)C2=O. The third-order valence-electron chi connectivity index (χ3n) is 3.72. The second kappa shape index (κ2) is 7.62. The molecule has 1 aliphatic heterocycles. The lowest BCUT2D eigenvalue weighted by Crippen LogP contribution is -2.26. The molecule has 26 heavy (non-hydrogen) atoms. The number of hydrogen-bond donors (Lipinski definition) is 0. The van der Waals surface area contributed by atoms with Gasteiger partial charge in [-0.2, -0.15) is 0 Å². The summed E-state index contributed by atoms with van der Waals surface area (Å²) in [4.78, 5) is 24.1. The molecule has 0 fully saturated rings. The number of ketones is 1. The van der Waals surface area contributed by atoms with Crippen LogP contribution in [0.25, 0.3) is 6.08 Å². The highest BCUT2D eigenvalue weighted by molar-refractivity contribution is 6.30. The highest BCUT2D eigenvalue weighted by Crippen LogP contribution is 2.35. The summed E-state index contributed by atoms with van der Waals surface area (Å²) in [6, 6.07) is 11.9. The summed E-state index contributed by atoms with van der Waals surface area (Å²) in [6.45, 7) is 3.61. The summed E-state index contributed by atoms with van der Waals surface area (Å²) in [5.74, 6) is 0.340. The number of carbonyl (C=O) groups excluding carboxylic acids is 2. The van der Waals surface area contributed by atoms with Crippen molar-refractivity contribution < 1.29 is 23.8 Å². The predicted octanol–water partition coefficient (Wildman–Crippen LogP) is 4.29. The first kappa shape index (κ1) is 18.0. The summed E-state index contributed by atoms with van der Waals surface area (Å²) in [5, 5.41) is 0.575. The van der Waals surface area contributed by atoms with Gasteiger partial charge in [-0.3, -0.25) is 4.79 Å². The zero-order chi connectivity index (χ0) is 18.7. The number of Topliss-reactive ketones (excluding diaryl/α,β-unsaturated/α-hetero) is 1. The smallest absolute Gasteiger partial charge is 0.347 e. The number of halogens is 1. The van der Waals surface area contributed by atoms with Gasteiger partial charge in [0.25, 0.3) is 0 Å². The Hall–Kier alpha value is -2.79. The average molecular weight is 373 g/mol. The van der Waals surface area contributed by atoms with Crippen molar-refractivity contribution in [1.29, 1.82) is 0 Å². The number of rotatable bonds is 5. The lowest BCUT2D eigenvalue weighted by molar-refractivity contribution is -0.150. The van der Waals surface area contributed by atoms with Gasteiger partial charge >= 0.3 is 5.97 Å². The van der Waals surface area contributed by atoms with E-state index in [1.165, 1.54) is 0 Å². The molecular formula is C20H17ClO5. The number of esters is 1. The minimum absolute atomic E-state index is 0.206. The first-order chi connectivity index (χ1) is 12.5. The van der Waals surface area contributed by atoms with Crippen molar-refractivity contribution in [1.82, 2.24) is 0 Å². The number of fused-ring (bicyclic) bond motifs is 1. The van der Waals surface area contributed by atoms with Crippen molar-refractivity contribution in [2.24, 2.45) is 0 Å². The van der Waals surface area contributed by atoms with Gasteiger partial charge in [-0.15, -0.1) is 0 Å². The Morgan fingerprint density at radius 1 is 1.27 bits per heavy atom. The second-order valence-electron chi connectivity index (χ2n) is 5.66. The van der Waals surface area contributed by atoms with Gasteiger partial charge in [0, 0.05) is 11.1 Å². The van der Waals surface area contributed by atoms with E-state index in [0.717, 1.165) is 5.56 Å². The molecule has 6 heteroatoms. The highest BCUT2D eigenvalue weighted by Gasteiger charge is 2.28. The van der Waals surface area contributed by atoms with Crippen molar-refractivity contribution in [3.05, 3.63) is 64.4 Å². The van der Waals surface area contributed by atoms with Crippen LogP contribution in [-0.2, 0) is 9.53 Å². The molecule has 0 saturated carbocycles. The molecule has 0 aliphatic carbocycles. The van der Waals surface area contributed by atoms with Crippen LogP contribution in [0.5, 0.6) is 11.5 Å². The van der Waals surface area contributed by atoms with E-state index in [0.29, 0.717) is 22.1 Å². The van der Waals surface area contributed by atoms with Crippen LogP contribution in [0.1, 0.15) is 29.8 Å². The van der Waals surface area contributed by atoms with Gasteiger partial charge in [0.15, 0.2) is 11.9 Å². The Morgan fingerprint density at radius 2 is 2.08 bits per heavy atom. The van der Waals surface area contributed by atoms with Crippen molar-refractivity contribution >= 4 is 29.4 Å². The van der Waals surface area contributed by atoms with Crippen LogP contribution in [0.4, 0.5) is 0 Å². The van der Waals surface area contributed by atoms with Crippen LogP contribution in [-0.4, -0.2) is 24.5 Å². The largest absolute Gasteiger partial charge is 0.479 e. The Labute approximate surface area is 156 Å². The monoisotopic (exact) mass is 372 g/mol. The molecule has 0 bridgehead atoms. The van der Waals surface area contributed by atoms with Gasteiger partial charge < -0.3 is 14.2 Å². The Morgan fingerprint density at radius 3 is 2.81 bits per heavy atom. The fourth-order valence-electron chi connectivity index (χ4n) is 2.50. The molecule has 0 unspecified atom stereocenters. The van der Waals surface area contributed by atoms with E-state index in [1.807, 2.05) is 6.07 Å². The molecule has 0 spiro atoms. The molecule has 1 atom stereocenters. The topological polar surface area (TPSA) is 61.8 Å². The van der Waals surface area contributed by atoms with E-state index >= 15 is 0 Å². The van der Waals surface area contributed by atoms with Crippen molar-refractivity contribution in [2.45, 2.75) is 20.0 Å². The molecule has 5 nitrogen and oxygen atoms in total. The molecule has 134 valence electrons. The molecule has 1 heterocycles. The molecule has 3 rings (SSSR count).